The van der Waals surface area contributed by atoms with E-state index in [1.165, 1.54) is 0 Å². The number of nitrogens with one attached hydrogen (secondary N) is 1. The van der Waals surface area contributed by atoms with E-state index in [1.807, 2.05) is 0 Å². The molecule has 0 radical (unpaired) electrons. The summed E-state index contributed by atoms with van der Waals surface area (Å²) in [5.41, 5.74) is 0. The van der Waals surface area contributed by atoms with Crippen molar-refractivity contribution in [2.24, 2.45) is 0 Å². The van der Waals surface area contributed by atoms with Crippen molar-refractivity contribution in [2.45, 2.75) is 6.42 Å². The van der Waals surface area contributed by atoms with Gasteiger partial charge >= 0.3 is 0 Å². The average Bonchev–Trinajstić information content (AvgIpc) is 2.10. The van der Waals surface area contributed by atoms with E-state index in [1.54, 1.807) is 0 Å². The molecule has 0 amide bonds. The highest BCUT2D eigenvalue weighted by molar-refractivity contribution is 7.78. The molecule has 0 rings (SSSR count). The van der Waals surface area contributed by atoms with Crippen molar-refractivity contribution in [1.29, 1.82) is 0 Å². The number of aliphatic hydroxyl groups excluding tert-OH is 1. The summed E-state index contributed by atoms with van der Waals surface area (Å²) < 4.78 is 12.9. The van der Waals surface area contributed by atoms with E-state index < -0.39 is 0 Å². The molecule has 0 aromatic carbocycles. The van der Waals surface area contributed by atoms with Crippen LogP contribution in [-0.2, 0) is 9.47 Å². The largest absolute Gasteiger partial charge is 0.394 e. The van der Waals surface area contributed by atoms with E-state index >= 15 is 0 Å². The first-order valence-corrected chi connectivity index (χ1v) is 4.50. The van der Waals surface area contributed by atoms with Gasteiger partial charge in [-0.25, -0.2) is 0 Å². The zero-order valence-electron chi connectivity index (χ0n) is 7.16. The van der Waals surface area contributed by atoms with Crippen LogP contribution >= 0.6 is 12.8 Å². The molecule has 0 saturated heterocycles. The highest BCUT2D eigenvalue weighted by Gasteiger charge is 1.88. The van der Waals surface area contributed by atoms with E-state index in [0.717, 1.165) is 19.6 Å². The van der Waals surface area contributed by atoms with Gasteiger partial charge in [-0.1, -0.05) is 12.8 Å². The smallest absolute Gasteiger partial charge is 0.0701 e. The van der Waals surface area contributed by atoms with Crippen LogP contribution in [0.2, 0.25) is 0 Å². The third-order valence-electron chi connectivity index (χ3n) is 1.18. The molecule has 2 N–H and O–H groups in total. The van der Waals surface area contributed by atoms with Crippen molar-refractivity contribution in [3.8, 4) is 0 Å². The summed E-state index contributed by atoms with van der Waals surface area (Å²) in [5, 5.41) is 8.36. The minimum atomic E-state index is 0.0730. The molecular weight excluding hydrogens is 178 g/mol. The zero-order valence-corrected chi connectivity index (χ0v) is 8.06. The van der Waals surface area contributed by atoms with Crippen molar-refractivity contribution in [3.63, 3.8) is 0 Å². The summed E-state index contributed by atoms with van der Waals surface area (Å²) in [5.74, 6) is 0. The normalized spacial score (nSPS) is 10.5. The van der Waals surface area contributed by atoms with Crippen molar-refractivity contribution >= 4 is 12.8 Å². The van der Waals surface area contributed by atoms with Crippen LogP contribution in [0.5, 0.6) is 0 Å². The lowest BCUT2D eigenvalue weighted by atomic mass is 10.5. The molecule has 0 fully saturated rings. The van der Waals surface area contributed by atoms with Gasteiger partial charge in [-0.3, -0.25) is 4.72 Å². The summed E-state index contributed by atoms with van der Waals surface area (Å²) >= 11 is 3.83. The average molecular weight is 195 g/mol. The highest BCUT2D eigenvalue weighted by atomic mass is 32.1. The van der Waals surface area contributed by atoms with Crippen LogP contribution in [0.1, 0.15) is 6.42 Å². The molecule has 0 aliphatic rings. The van der Waals surface area contributed by atoms with Crippen LogP contribution in [0.15, 0.2) is 0 Å². The van der Waals surface area contributed by atoms with E-state index in [-0.39, 0.29) is 6.61 Å². The van der Waals surface area contributed by atoms with Crippen LogP contribution in [0, 0.1) is 0 Å². The minimum absolute atomic E-state index is 0.0730. The lowest BCUT2D eigenvalue weighted by molar-refractivity contribution is 0.0328. The number of thiol groups is 1. The van der Waals surface area contributed by atoms with E-state index in [9.17, 15) is 0 Å². The summed E-state index contributed by atoms with van der Waals surface area (Å²) in [6.45, 7) is 3.17. The number of hydrogen-bond donors (Lipinski definition) is 3. The Morgan fingerprint density at radius 2 is 1.75 bits per heavy atom. The number of hydrogen-bond acceptors (Lipinski definition) is 5. The Kier molecular flexibility index (Phi) is 11.4. The van der Waals surface area contributed by atoms with E-state index in [0.29, 0.717) is 19.8 Å². The molecule has 0 aromatic rings. The van der Waals surface area contributed by atoms with Gasteiger partial charge in [0.05, 0.1) is 26.4 Å². The fourth-order valence-electron chi connectivity index (χ4n) is 0.640. The molecule has 0 aromatic heterocycles. The fraction of sp³-hybridized carbons (Fsp3) is 1.00. The van der Waals surface area contributed by atoms with Gasteiger partial charge < -0.3 is 14.6 Å². The van der Waals surface area contributed by atoms with Crippen molar-refractivity contribution in [2.75, 3.05) is 39.6 Å². The van der Waals surface area contributed by atoms with Gasteiger partial charge in [0, 0.05) is 13.2 Å². The minimum Gasteiger partial charge on any atom is -0.394 e. The molecule has 0 atom stereocenters. The van der Waals surface area contributed by atoms with Gasteiger partial charge in [0.15, 0.2) is 0 Å². The second-order valence-corrected chi connectivity index (χ2v) is 2.53. The molecule has 4 nitrogen and oxygen atoms in total. The Hall–Kier alpha value is 0.190. The molecule has 0 bridgehead atoms. The highest BCUT2D eigenvalue weighted by Crippen LogP contribution is 1.82. The predicted molar refractivity (Wildman–Crippen MR) is 50.3 cm³/mol. The molecular formula is C7H17NO3S. The molecule has 0 spiro atoms. The third kappa shape index (κ3) is 10.2. The lowest BCUT2D eigenvalue weighted by Gasteiger charge is -2.03. The Labute approximate surface area is 78.8 Å². The SMILES string of the molecule is OCCOCCOCCCNS. The fourth-order valence-corrected chi connectivity index (χ4v) is 0.798. The van der Waals surface area contributed by atoms with Gasteiger partial charge in [-0.2, -0.15) is 0 Å². The Morgan fingerprint density at radius 1 is 1.08 bits per heavy atom. The first-order valence-electron chi connectivity index (χ1n) is 4.05. The van der Waals surface area contributed by atoms with E-state index in [4.69, 9.17) is 14.6 Å². The number of aliphatic hydroxyl groups is 1. The maximum absolute atomic E-state index is 8.36. The Morgan fingerprint density at radius 3 is 2.33 bits per heavy atom. The molecule has 0 unspecified atom stereocenters. The molecule has 12 heavy (non-hydrogen) atoms. The molecule has 0 saturated carbocycles. The van der Waals surface area contributed by atoms with Crippen molar-refractivity contribution < 1.29 is 14.6 Å². The van der Waals surface area contributed by atoms with Crippen LogP contribution in [0.25, 0.3) is 0 Å². The van der Waals surface area contributed by atoms with Gasteiger partial charge in [0.2, 0.25) is 0 Å². The maximum atomic E-state index is 8.36. The van der Waals surface area contributed by atoms with Crippen LogP contribution in [0.3, 0.4) is 0 Å². The zero-order chi connectivity index (χ0) is 9.07. The molecule has 0 heterocycles. The topological polar surface area (TPSA) is 50.7 Å². The number of ether oxygens (including phenoxy) is 2. The van der Waals surface area contributed by atoms with E-state index in [2.05, 4.69) is 17.5 Å². The molecule has 0 aliphatic heterocycles. The standard InChI is InChI=1S/C7H17NO3S/c9-3-5-11-7-6-10-4-1-2-8-12/h8-9,12H,1-7H2. The molecule has 74 valence electrons. The Bertz CT molecular complexity index is 75.1. The quantitative estimate of drug-likeness (QED) is 0.353. The second-order valence-electron chi connectivity index (χ2n) is 2.21. The number of rotatable bonds is 9. The second kappa shape index (κ2) is 11.2. The molecule has 0 aliphatic carbocycles. The summed E-state index contributed by atoms with van der Waals surface area (Å²) in [6.07, 6.45) is 0.948. The summed E-state index contributed by atoms with van der Waals surface area (Å²) in [6, 6.07) is 0. The first-order chi connectivity index (χ1) is 5.91. The van der Waals surface area contributed by atoms with Gasteiger partial charge in [-0.15, -0.1) is 0 Å². The monoisotopic (exact) mass is 195 g/mol. The van der Waals surface area contributed by atoms with Crippen LogP contribution in [-0.4, -0.2) is 44.7 Å². The van der Waals surface area contributed by atoms with Gasteiger partial charge in [0.25, 0.3) is 0 Å². The maximum Gasteiger partial charge on any atom is 0.0701 e. The van der Waals surface area contributed by atoms with Gasteiger partial charge in [-0.05, 0) is 6.42 Å². The van der Waals surface area contributed by atoms with Crippen molar-refractivity contribution in [3.05, 3.63) is 0 Å². The van der Waals surface area contributed by atoms with Crippen molar-refractivity contribution in [1.82, 2.24) is 4.72 Å². The van der Waals surface area contributed by atoms with Crippen LogP contribution in [0.4, 0.5) is 0 Å². The molecule has 5 heteroatoms. The summed E-state index contributed by atoms with van der Waals surface area (Å²) in [7, 11) is 0. The third-order valence-corrected chi connectivity index (χ3v) is 1.41. The van der Waals surface area contributed by atoms with Gasteiger partial charge in [0.1, 0.15) is 0 Å². The van der Waals surface area contributed by atoms with Crippen LogP contribution < -0.4 is 4.72 Å². The predicted octanol–water partition coefficient (Wildman–Crippen LogP) is -0.164. The first kappa shape index (κ1) is 12.2. The Balaban J connectivity index is 2.73. The lowest BCUT2D eigenvalue weighted by Crippen LogP contribution is -2.10. The summed E-state index contributed by atoms with van der Waals surface area (Å²) in [4.78, 5) is 0.